The highest BCUT2D eigenvalue weighted by Gasteiger charge is 2.41. The lowest BCUT2D eigenvalue weighted by atomic mass is 9.97. The Labute approximate surface area is 158 Å². The number of aryl methyl sites for hydroxylation is 1. The fourth-order valence-corrected chi connectivity index (χ4v) is 3.96. The van der Waals surface area contributed by atoms with Crippen LogP contribution in [0, 0.1) is 6.92 Å². The lowest BCUT2D eigenvalue weighted by Crippen LogP contribution is -2.46. The van der Waals surface area contributed by atoms with Crippen molar-refractivity contribution in [1.82, 2.24) is 20.4 Å². The molecule has 2 N–H and O–H groups in total. The molecule has 144 valence electrons. The van der Waals surface area contributed by atoms with Crippen LogP contribution in [0.3, 0.4) is 0 Å². The van der Waals surface area contributed by atoms with E-state index < -0.39 is 5.54 Å². The maximum atomic E-state index is 12.5. The molecule has 0 saturated heterocycles. The number of nitrogens with one attached hydrogen (secondary N) is 2. The summed E-state index contributed by atoms with van der Waals surface area (Å²) in [6, 6.07) is 3.30. The van der Waals surface area contributed by atoms with Crippen LogP contribution in [0.2, 0.25) is 0 Å². The minimum Gasteiger partial charge on any atom is -0.474 e. The SMILES string of the molecule is Cc1nc(C2(NC(=O)Nc3ccc(OC4CCCC4)nc3)CCCC2)no1. The molecule has 8 nitrogen and oxygen atoms in total. The van der Waals surface area contributed by atoms with Crippen LogP contribution in [0.1, 0.15) is 63.1 Å². The van der Waals surface area contributed by atoms with Crippen LogP contribution < -0.4 is 15.4 Å². The Morgan fingerprint density at radius 3 is 2.63 bits per heavy atom. The first-order valence-electron chi connectivity index (χ1n) is 9.66. The molecule has 0 bridgehead atoms. The van der Waals surface area contributed by atoms with E-state index in [1.54, 1.807) is 25.3 Å². The van der Waals surface area contributed by atoms with Crippen LogP contribution in [-0.2, 0) is 5.54 Å². The van der Waals surface area contributed by atoms with Crippen LogP contribution in [0.5, 0.6) is 5.88 Å². The maximum Gasteiger partial charge on any atom is 0.320 e. The minimum atomic E-state index is -0.569. The highest BCUT2D eigenvalue weighted by Crippen LogP contribution is 2.37. The number of ether oxygens (including phenoxy) is 1. The molecule has 2 aliphatic rings. The predicted octanol–water partition coefficient (Wildman–Crippen LogP) is 3.69. The summed E-state index contributed by atoms with van der Waals surface area (Å²) in [4.78, 5) is 21.2. The molecule has 2 aromatic rings. The molecule has 2 fully saturated rings. The summed E-state index contributed by atoms with van der Waals surface area (Å²) in [5, 5.41) is 9.92. The van der Waals surface area contributed by atoms with Gasteiger partial charge in [-0.05, 0) is 44.6 Å². The van der Waals surface area contributed by atoms with Crippen LogP contribution in [0.15, 0.2) is 22.9 Å². The Morgan fingerprint density at radius 1 is 1.22 bits per heavy atom. The van der Waals surface area contributed by atoms with E-state index in [9.17, 15) is 4.79 Å². The van der Waals surface area contributed by atoms with E-state index in [-0.39, 0.29) is 12.1 Å². The molecule has 0 atom stereocenters. The van der Waals surface area contributed by atoms with Gasteiger partial charge in [0.1, 0.15) is 11.6 Å². The fraction of sp³-hybridized carbons (Fsp3) is 0.579. The molecule has 0 aromatic carbocycles. The third-order valence-corrected chi connectivity index (χ3v) is 5.35. The first-order valence-corrected chi connectivity index (χ1v) is 9.66. The smallest absolute Gasteiger partial charge is 0.320 e. The van der Waals surface area contributed by atoms with Crippen LogP contribution in [0.25, 0.3) is 0 Å². The number of amides is 2. The summed E-state index contributed by atoms with van der Waals surface area (Å²) < 4.78 is 11.0. The summed E-state index contributed by atoms with van der Waals surface area (Å²) >= 11 is 0. The largest absolute Gasteiger partial charge is 0.474 e. The van der Waals surface area contributed by atoms with Crippen molar-refractivity contribution in [2.45, 2.75) is 69.9 Å². The van der Waals surface area contributed by atoms with Gasteiger partial charge in [0.25, 0.3) is 0 Å². The predicted molar refractivity (Wildman–Crippen MR) is 98.5 cm³/mol. The van der Waals surface area contributed by atoms with Crippen molar-refractivity contribution in [1.29, 1.82) is 0 Å². The van der Waals surface area contributed by atoms with E-state index in [2.05, 4.69) is 25.8 Å². The summed E-state index contributed by atoms with van der Waals surface area (Å²) in [6.45, 7) is 1.75. The summed E-state index contributed by atoms with van der Waals surface area (Å²) in [6.07, 6.45) is 10.1. The Morgan fingerprint density at radius 2 is 2.00 bits per heavy atom. The highest BCUT2D eigenvalue weighted by atomic mass is 16.5. The van der Waals surface area contributed by atoms with Crippen molar-refractivity contribution in [2.24, 2.45) is 0 Å². The molecule has 2 saturated carbocycles. The van der Waals surface area contributed by atoms with Crippen molar-refractivity contribution < 1.29 is 14.1 Å². The zero-order valence-electron chi connectivity index (χ0n) is 15.5. The minimum absolute atomic E-state index is 0.264. The van der Waals surface area contributed by atoms with Crippen LogP contribution in [0.4, 0.5) is 10.5 Å². The van der Waals surface area contributed by atoms with E-state index in [1.165, 1.54) is 12.8 Å². The fourth-order valence-electron chi connectivity index (χ4n) is 3.96. The molecule has 2 aliphatic carbocycles. The number of nitrogens with zero attached hydrogens (tertiary/aromatic N) is 3. The summed E-state index contributed by atoms with van der Waals surface area (Å²) in [5.41, 5.74) is 0.0459. The first kappa shape index (κ1) is 17.8. The molecule has 8 heteroatoms. The van der Waals surface area contributed by atoms with Gasteiger partial charge < -0.3 is 19.9 Å². The van der Waals surface area contributed by atoms with Gasteiger partial charge in [-0.1, -0.05) is 18.0 Å². The molecular weight excluding hydrogens is 346 g/mol. The molecule has 0 spiro atoms. The monoisotopic (exact) mass is 371 g/mol. The van der Waals surface area contributed by atoms with Gasteiger partial charge in [0.15, 0.2) is 5.82 Å². The maximum absolute atomic E-state index is 12.5. The van der Waals surface area contributed by atoms with Gasteiger partial charge >= 0.3 is 6.03 Å². The standard InChI is InChI=1S/C19H25N5O3/c1-13-21-17(24-27-13)19(10-4-5-11-19)23-18(25)22-14-8-9-16(20-12-14)26-15-6-2-3-7-15/h8-9,12,15H,2-7,10-11H2,1H3,(H2,22,23,25). The van der Waals surface area contributed by atoms with Crippen LogP contribution >= 0.6 is 0 Å². The van der Waals surface area contributed by atoms with E-state index >= 15 is 0 Å². The Bertz CT molecular complexity index is 777. The number of hydrogen-bond acceptors (Lipinski definition) is 6. The van der Waals surface area contributed by atoms with Crippen molar-refractivity contribution in [2.75, 3.05) is 5.32 Å². The average Bonchev–Trinajstić information content (AvgIpc) is 3.39. The van der Waals surface area contributed by atoms with Crippen molar-refractivity contribution in [3.63, 3.8) is 0 Å². The number of carbonyl (C=O) groups excluding carboxylic acids is 1. The second-order valence-electron chi connectivity index (χ2n) is 7.41. The molecule has 0 radical (unpaired) electrons. The Balaban J connectivity index is 1.38. The van der Waals surface area contributed by atoms with E-state index in [0.717, 1.165) is 38.5 Å². The second-order valence-corrected chi connectivity index (χ2v) is 7.41. The number of urea groups is 1. The zero-order valence-corrected chi connectivity index (χ0v) is 15.5. The van der Waals surface area contributed by atoms with E-state index in [0.29, 0.717) is 23.3 Å². The topological polar surface area (TPSA) is 102 Å². The summed E-state index contributed by atoms with van der Waals surface area (Å²) in [5.74, 6) is 1.65. The van der Waals surface area contributed by atoms with Gasteiger partial charge in [0, 0.05) is 13.0 Å². The van der Waals surface area contributed by atoms with Gasteiger partial charge in [0.05, 0.1) is 11.9 Å². The molecule has 2 amide bonds. The molecule has 27 heavy (non-hydrogen) atoms. The number of carbonyl (C=O) groups is 1. The van der Waals surface area contributed by atoms with Crippen molar-refractivity contribution >= 4 is 11.7 Å². The third kappa shape index (κ3) is 4.04. The van der Waals surface area contributed by atoms with Gasteiger partial charge in [-0.2, -0.15) is 4.98 Å². The van der Waals surface area contributed by atoms with Gasteiger partial charge in [-0.15, -0.1) is 0 Å². The lowest BCUT2D eigenvalue weighted by molar-refractivity contribution is 0.201. The Kier molecular flexibility index (Phi) is 4.96. The average molecular weight is 371 g/mol. The Hall–Kier alpha value is -2.64. The van der Waals surface area contributed by atoms with E-state index in [1.807, 2.05) is 0 Å². The van der Waals surface area contributed by atoms with Crippen molar-refractivity contribution in [3.05, 3.63) is 30.0 Å². The zero-order chi connectivity index (χ0) is 18.7. The normalized spacial score (nSPS) is 19.1. The van der Waals surface area contributed by atoms with Crippen molar-refractivity contribution in [3.8, 4) is 5.88 Å². The number of rotatable bonds is 5. The molecule has 4 rings (SSSR count). The summed E-state index contributed by atoms with van der Waals surface area (Å²) in [7, 11) is 0. The highest BCUT2D eigenvalue weighted by molar-refractivity contribution is 5.89. The van der Waals surface area contributed by atoms with Gasteiger partial charge in [-0.25, -0.2) is 9.78 Å². The number of aromatic nitrogens is 3. The third-order valence-electron chi connectivity index (χ3n) is 5.35. The number of pyridine rings is 1. The number of hydrogen-bond donors (Lipinski definition) is 2. The second kappa shape index (κ2) is 7.54. The quantitative estimate of drug-likeness (QED) is 0.831. The van der Waals surface area contributed by atoms with Gasteiger partial charge in [0.2, 0.25) is 11.8 Å². The molecular formula is C19H25N5O3. The number of anilines is 1. The lowest BCUT2D eigenvalue weighted by Gasteiger charge is -2.26. The molecule has 0 unspecified atom stereocenters. The van der Waals surface area contributed by atoms with E-state index in [4.69, 9.17) is 9.26 Å². The molecule has 2 heterocycles. The molecule has 0 aliphatic heterocycles. The van der Waals surface area contributed by atoms with Gasteiger partial charge in [-0.3, -0.25) is 0 Å². The van der Waals surface area contributed by atoms with Crippen LogP contribution in [-0.4, -0.2) is 27.3 Å². The molecule has 2 aromatic heterocycles. The first-order chi connectivity index (χ1) is 13.1.